The van der Waals surface area contributed by atoms with Crippen LogP contribution in [-0.4, -0.2) is 29.1 Å². The van der Waals surface area contributed by atoms with E-state index in [4.69, 9.17) is 0 Å². The first-order chi connectivity index (χ1) is 25.3. The minimum atomic E-state index is 0.637. The standard InChI is InChI=1S/C49H98N2/c1-4-7-10-13-16-18-20-22-24-26-27-29-31-33-35-38-41-44-49-50(45-42-39-36-15-12-9-6-3)47-48-51(49)46-43-40-37-34-32-30-28-25-23-21-19-17-14-11-8-5-2/h47-49H,4-46H2,1-3H3. The van der Waals surface area contributed by atoms with Crippen molar-refractivity contribution in [3.63, 3.8) is 0 Å². The highest BCUT2D eigenvalue weighted by Crippen LogP contribution is 2.24. The molecular formula is C49H98N2. The lowest BCUT2D eigenvalue weighted by Crippen LogP contribution is -2.39. The van der Waals surface area contributed by atoms with Gasteiger partial charge in [0.25, 0.3) is 0 Å². The molecule has 1 aliphatic rings. The molecule has 1 rings (SSSR count). The molecular weight excluding hydrogens is 617 g/mol. The molecule has 0 N–H and O–H groups in total. The molecule has 1 atom stereocenters. The second kappa shape index (κ2) is 40.5. The SMILES string of the molecule is CCCCCCCCCCCCCCCCCCCC1N(CCCCCCCCC)C=CN1CCCCCCCCCCCCCCCCCC. The van der Waals surface area contributed by atoms with E-state index in [0.717, 1.165) is 0 Å². The molecule has 0 fully saturated rings. The van der Waals surface area contributed by atoms with E-state index in [0.29, 0.717) is 6.17 Å². The largest absolute Gasteiger partial charge is 0.356 e. The number of hydrogen-bond donors (Lipinski definition) is 0. The maximum absolute atomic E-state index is 2.73. The van der Waals surface area contributed by atoms with Crippen LogP contribution in [0.15, 0.2) is 12.4 Å². The number of hydrogen-bond acceptors (Lipinski definition) is 2. The monoisotopic (exact) mass is 715 g/mol. The van der Waals surface area contributed by atoms with Gasteiger partial charge in [-0.15, -0.1) is 0 Å². The maximum Gasteiger partial charge on any atom is 0.101 e. The maximum atomic E-state index is 2.73. The molecule has 2 nitrogen and oxygen atoms in total. The van der Waals surface area contributed by atoms with Gasteiger partial charge in [0, 0.05) is 25.5 Å². The van der Waals surface area contributed by atoms with Crippen LogP contribution in [0.3, 0.4) is 0 Å². The molecule has 0 aromatic carbocycles. The third-order valence-corrected chi connectivity index (χ3v) is 12.1. The summed E-state index contributed by atoms with van der Waals surface area (Å²) in [5.74, 6) is 0. The Morgan fingerprint density at radius 2 is 0.451 bits per heavy atom. The van der Waals surface area contributed by atoms with Gasteiger partial charge in [0.2, 0.25) is 0 Å². The lowest BCUT2D eigenvalue weighted by molar-refractivity contribution is 0.135. The Kier molecular flexibility index (Phi) is 38.4. The minimum Gasteiger partial charge on any atom is -0.356 e. The second-order valence-corrected chi connectivity index (χ2v) is 17.1. The lowest BCUT2D eigenvalue weighted by atomic mass is 10.0. The molecule has 0 spiro atoms. The molecule has 304 valence electrons. The molecule has 0 radical (unpaired) electrons. The van der Waals surface area contributed by atoms with Gasteiger partial charge in [-0.1, -0.05) is 258 Å². The van der Waals surface area contributed by atoms with Crippen LogP contribution in [0.2, 0.25) is 0 Å². The third kappa shape index (κ3) is 32.5. The zero-order valence-electron chi connectivity index (χ0n) is 36.0. The van der Waals surface area contributed by atoms with Gasteiger partial charge >= 0.3 is 0 Å². The van der Waals surface area contributed by atoms with Crippen molar-refractivity contribution in [3.8, 4) is 0 Å². The Labute approximate surface area is 324 Å². The summed E-state index contributed by atoms with van der Waals surface area (Å²) in [6.45, 7) is 9.49. The molecule has 1 heterocycles. The molecule has 0 bridgehead atoms. The van der Waals surface area contributed by atoms with Crippen molar-refractivity contribution in [2.45, 2.75) is 290 Å². The van der Waals surface area contributed by atoms with Crippen molar-refractivity contribution in [2.24, 2.45) is 0 Å². The zero-order chi connectivity index (χ0) is 36.6. The van der Waals surface area contributed by atoms with Crippen molar-refractivity contribution in [1.82, 2.24) is 9.80 Å². The molecule has 0 saturated heterocycles. The summed E-state index contributed by atoms with van der Waals surface area (Å²) in [5.41, 5.74) is 0. The lowest BCUT2D eigenvalue weighted by Gasteiger charge is -2.33. The fourth-order valence-corrected chi connectivity index (χ4v) is 8.48. The molecule has 0 amide bonds. The van der Waals surface area contributed by atoms with E-state index in [2.05, 4.69) is 43.0 Å². The normalized spacial score (nSPS) is 14.5. The molecule has 0 aromatic heterocycles. The third-order valence-electron chi connectivity index (χ3n) is 12.1. The van der Waals surface area contributed by atoms with E-state index in [9.17, 15) is 0 Å². The predicted octanol–water partition coefficient (Wildman–Crippen LogP) is 17.5. The average Bonchev–Trinajstić information content (AvgIpc) is 3.53. The van der Waals surface area contributed by atoms with Crippen LogP contribution in [0.5, 0.6) is 0 Å². The summed E-state index contributed by atoms with van der Waals surface area (Å²) in [4.78, 5) is 5.46. The summed E-state index contributed by atoms with van der Waals surface area (Å²) in [6.07, 6.45) is 64.9. The van der Waals surface area contributed by atoms with Gasteiger partial charge in [-0.2, -0.15) is 0 Å². The Balaban J connectivity index is 2.13. The first-order valence-electron chi connectivity index (χ1n) is 24.5. The summed E-state index contributed by atoms with van der Waals surface area (Å²) in [5, 5.41) is 0. The Morgan fingerprint density at radius 3 is 0.686 bits per heavy atom. The first kappa shape index (κ1) is 48.4. The molecule has 0 saturated carbocycles. The van der Waals surface area contributed by atoms with Crippen LogP contribution >= 0.6 is 0 Å². The highest BCUT2D eigenvalue weighted by Gasteiger charge is 2.24. The Bertz CT molecular complexity index is 673. The van der Waals surface area contributed by atoms with E-state index in [1.54, 1.807) is 0 Å². The molecule has 0 aliphatic carbocycles. The summed E-state index contributed by atoms with van der Waals surface area (Å²) >= 11 is 0. The van der Waals surface area contributed by atoms with E-state index < -0.39 is 0 Å². The molecule has 51 heavy (non-hydrogen) atoms. The number of nitrogens with zero attached hydrogens (tertiary/aromatic N) is 2. The zero-order valence-corrected chi connectivity index (χ0v) is 36.0. The second-order valence-electron chi connectivity index (χ2n) is 17.1. The minimum absolute atomic E-state index is 0.637. The first-order valence-corrected chi connectivity index (χ1v) is 24.5. The van der Waals surface area contributed by atoms with E-state index in [1.165, 1.54) is 276 Å². The predicted molar refractivity (Wildman–Crippen MR) is 233 cm³/mol. The fourth-order valence-electron chi connectivity index (χ4n) is 8.48. The van der Waals surface area contributed by atoms with Crippen LogP contribution in [0.4, 0.5) is 0 Å². The van der Waals surface area contributed by atoms with Gasteiger partial charge in [-0.05, 0) is 25.7 Å². The quantitative estimate of drug-likeness (QED) is 0.0580. The van der Waals surface area contributed by atoms with Gasteiger partial charge in [0.1, 0.15) is 6.17 Å². The molecule has 1 unspecified atom stereocenters. The fraction of sp³-hybridized carbons (Fsp3) is 0.959. The van der Waals surface area contributed by atoms with Crippen LogP contribution in [0.1, 0.15) is 284 Å². The molecule has 1 aliphatic heterocycles. The van der Waals surface area contributed by atoms with Gasteiger partial charge in [-0.25, -0.2) is 0 Å². The van der Waals surface area contributed by atoms with Gasteiger partial charge in [0.05, 0.1) is 0 Å². The summed E-state index contributed by atoms with van der Waals surface area (Å²) in [6, 6.07) is 0. The Hall–Kier alpha value is -0.660. The molecule has 0 aromatic rings. The average molecular weight is 715 g/mol. The van der Waals surface area contributed by atoms with Crippen molar-refractivity contribution in [1.29, 1.82) is 0 Å². The molecule has 2 heteroatoms. The van der Waals surface area contributed by atoms with Crippen LogP contribution in [-0.2, 0) is 0 Å². The van der Waals surface area contributed by atoms with Crippen LogP contribution < -0.4 is 0 Å². The number of rotatable bonds is 43. The van der Waals surface area contributed by atoms with Gasteiger partial charge < -0.3 is 9.80 Å². The van der Waals surface area contributed by atoms with Crippen LogP contribution in [0, 0.1) is 0 Å². The Morgan fingerprint density at radius 1 is 0.255 bits per heavy atom. The van der Waals surface area contributed by atoms with E-state index >= 15 is 0 Å². The summed E-state index contributed by atoms with van der Waals surface area (Å²) < 4.78 is 0. The smallest absolute Gasteiger partial charge is 0.101 e. The van der Waals surface area contributed by atoms with Crippen molar-refractivity contribution in [2.75, 3.05) is 13.1 Å². The number of unbranched alkanes of at least 4 members (excludes halogenated alkanes) is 37. The van der Waals surface area contributed by atoms with Crippen molar-refractivity contribution < 1.29 is 0 Å². The van der Waals surface area contributed by atoms with Crippen molar-refractivity contribution >= 4 is 0 Å². The van der Waals surface area contributed by atoms with E-state index in [1.807, 2.05) is 0 Å². The highest BCUT2D eigenvalue weighted by molar-refractivity contribution is 4.97. The van der Waals surface area contributed by atoms with Gasteiger partial charge in [-0.3, -0.25) is 0 Å². The highest BCUT2D eigenvalue weighted by atomic mass is 15.4. The topological polar surface area (TPSA) is 6.48 Å². The summed E-state index contributed by atoms with van der Waals surface area (Å²) in [7, 11) is 0. The van der Waals surface area contributed by atoms with E-state index in [-0.39, 0.29) is 0 Å². The van der Waals surface area contributed by atoms with Gasteiger partial charge in [0.15, 0.2) is 0 Å². The van der Waals surface area contributed by atoms with Crippen molar-refractivity contribution in [3.05, 3.63) is 12.4 Å². The van der Waals surface area contributed by atoms with Crippen LogP contribution in [0.25, 0.3) is 0 Å².